The molecule has 0 bridgehead atoms. The highest BCUT2D eigenvalue weighted by molar-refractivity contribution is 9.10. The quantitative estimate of drug-likeness (QED) is 0.892. The highest BCUT2D eigenvalue weighted by atomic mass is 79.9. The van der Waals surface area contributed by atoms with Crippen molar-refractivity contribution in [3.8, 4) is 0 Å². The lowest BCUT2D eigenvalue weighted by Gasteiger charge is -2.11. The van der Waals surface area contributed by atoms with Crippen LogP contribution >= 0.6 is 15.9 Å². The van der Waals surface area contributed by atoms with Crippen LogP contribution in [0.4, 0.5) is 5.69 Å². The number of aromatic nitrogens is 3. The molecule has 1 aromatic heterocycles. The van der Waals surface area contributed by atoms with Gasteiger partial charge in [0.25, 0.3) is 0 Å². The third kappa shape index (κ3) is 3.88. The monoisotopic (exact) mass is 338 g/mol. The highest BCUT2D eigenvalue weighted by Crippen LogP contribution is 2.16. The van der Waals surface area contributed by atoms with E-state index in [0.717, 1.165) is 4.47 Å². The van der Waals surface area contributed by atoms with Crippen LogP contribution in [0.2, 0.25) is 0 Å². The number of halogens is 1. The fourth-order valence-electron chi connectivity index (χ4n) is 1.54. The molecular weight excluding hydrogens is 324 g/mol. The fraction of sp³-hybridized carbons (Fsp3) is 0.308. The summed E-state index contributed by atoms with van der Waals surface area (Å²) in [6.45, 7) is 3.27. The van der Waals surface area contributed by atoms with Crippen molar-refractivity contribution in [3.63, 3.8) is 0 Å². The maximum Gasteiger partial charge on any atom is 0.246 e. The van der Waals surface area contributed by atoms with Crippen molar-refractivity contribution >= 4 is 27.5 Å². The second-order valence-electron chi connectivity index (χ2n) is 4.92. The summed E-state index contributed by atoms with van der Waals surface area (Å²) in [6, 6.07) is 7.28. The van der Waals surface area contributed by atoms with Crippen LogP contribution in [0.25, 0.3) is 0 Å². The third-order valence-electron chi connectivity index (χ3n) is 2.60. The van der Waals surface area contributed by atoms with E-state index in [4.69, 9.17) is 0 Å². The average Bonchev–Trinajstić information content (AvgIpc) is 2.80. The smallest absolute Gasteiger partial charge is 0.246 e. The normalized spacial score (nSPS) is 11.4. The molecule has 0 spiro atoms. The molecule has 2 rings (SSSR count). The van der Waals surface area contributed by atoms with Crippen LogP contribution in [0.3, 0.4) is 0 Å². The van der Waals surface area contributed by atoms with Crippen molar-refractivity contribution in [1.29, 1.82) is 0 Å². The Bertz CT molecular complexity index is 602. The number of rotatable bonds is 4. The van der Waals surface area contributed by atoms with Gasteiger partial charge in [-0.1, -0.05) is 21.1 Å². The van der Waals surface area contributed by atoms with E-state index in [2.05, 4.69) is 31.6 Å². The minimum Gasteiger partial charge on any atom is -0.384 e. The first-order valence-electron chi connectivity index (χ1n) is 6.03. The molecule has 0 aliphatic carbocycles. The van der Waals surface area contributed by atoms with Crippen LogP contribution in [0, 0.1) is 0 Å². The number of aliphatic hydroxyl groups is 1. The number of carbonyl (C=O) groups excluding carboxylic acids is 1. The fourth-order valence-corrected chi connectivity index (χ4v) is 1.80. The van der Waals surface area contributed by atoms with Crippen LogP contribution in [0.5, 0.6) is 0 Å². The van der Waals surface area contributed by atoms with E-state index in [0.29, 0.717) is 11.4 Å². The van der Waals surface area contributed by atoms with Crippen molar-refractivity contribution in [2.75, 3.05) is 5.32 Å². The Hall–Kier alpha value is -1.73. The summed E-state index contributed by atoms with van der Waals surface area (Å²) >= 11 is 3.33. The molecule has 2 N–H and O–H groups in total. The zero-order chi connectivity index (χ0) is 14.8. The van der Waals surface area contributed by atoms with E-state index in [1.807, 2.05) is 12.1 Å². The van der Waals surface area contributed by atoms with E-state index in [9.17, 15) is 9.90 Å². The topological polar surface area (TPSA) is 80.0 Å². The summed E-state index contributed by atoms with van der Waals surface area (Å²) in [7, 11) is 0. The number of hydrogen-bond acceptors (Lipinski definition) is 4. The van der Waals surface area contributed by atoms with Crippen molar-refractivity contribution in [2.24, 2.45) is 0 Å². The summed E-state index contributed by atoms with van der Waals surface area (Å²) in [6.07, 6.45) is 1.56. The molecule has 106 valence electrons. The van der Waals surface area contributed by atoms with Gasteiger partial charge in [-0.25, -0.2) is 4.68 Å². The Morgan fingerprint density at radius 1 is 1.40 bits per heavy atom. The van der Waals surface area contributed by atoms with E-state index < -0.39 is 5.60 Å². The second kappa shape index (κ2) is 5.72. The molecule has 1 amide bonds. The number of hydrogen-bond donors (Lipinski definition) is 2. The SMILES string of the molecule is CC(C)(O)c1cn(CC(=O)Nc2ccc(Br)cc2)nn1. The summed E-state index contributed by atoms with van der Waals surface area (Å²) in [5.41, 5.74) is 0.0652. The predicted molar refractivity (Wildman–Crippen MR) is 78.0 cm³/mol. The highest BCUT2D eigenvalue weighted by Gasteiger charge is 2.20. The molecule has 7 heteroatoms. The number of anilines is 1. The number of carbonyl (C=O) groups is 1. The Kier molecular flexibility index (Phi) is 4.20. The Labute approximate surface area is 124 Å². The Morgan fingerprint density at radius 2 is 2.05 bits per heavy atom. The van der Waals surface area contributed by atoms with Crippen LogP contribution in [-0.4, -0.2) is 26.0 Å². The first kappa shape index (κ1) is 14.7. The van der Waals surface area contributed by atoms with Gasteiger partial charge in [-0.15, -0.1) is 5.10 Å². The lowest BCUT2D eigenvalue weighted by Crippen LogP contribution is -2.19. The van der Waals surface area contributed by atoms with Gasteiger partial charge in [-0.2, -0.15) is 0 Å². The lowest BCUT2D eigenvalue weighted by atomic mass is 10.1. The van der Waals surface area contributed by atoms with E-state index >= 15 is 0 Å². The molecule has 1 aromatic carbocycles. The summed E-state index contributed by atoms with van der Waals surface area (Å²) in [5, 5.41) is 20.2. The molecule has 0 unspecified atom stereocenters. The molecule has 0 saturated carbocycles. The molecule has 0 aliphatic heterocycles. The van der Waals surface area contributed by atoms with Crippen molar-refractivity contribution < 1.29 is 9.90 Å². The maximum absolute atomic E-state index is 11.9. The van der Waals surface area contributed by atoms with Crippen molar-refractivity contribution in [1.82, 2.24) is 15.0 Å². The molecule has 2 aromatic rings. The molecule has 0 saturated heterocycles. The predicted octanol–water partition coefficient (Wildman–Crippen LogP) is 1.91. The van der Waals surface area contributed by atoms with Gasteiger partial charge in [-0.05, 0) is 38.1 Å². The Morgan fingerprint density at radius 3 is 2.60 bits per heavy atom. The second-order valence-corrected chi connectivity index (χ2v) is 5.83. The average molecular weight is 339 g/mol. The van der Waals surface area contributed by atoms with Gasteiger partial charge < -0.3 is 10.4 Å². The van der Waals surface area contributed by atoms with E-state index in [-0.39, 0.29) is 12.5 Å². The zero-order valence-corrected chi connectivity index (χ0v) is 12.8. The standard InChI is InChI=1S/C13H15BrN4O2/c1-13(2,20)11-7-18(17-16-11)8-12(19)15-10-5-3-9(14)4-6-10/h3-7,20H,8H2,1-2H3,(H,15,19). The van der Waals surface area contributed by atoms with Gasteiger partial charge in [-0.3, -0.25) is 4.79 Å². The first-order chi connectivity index (χ1) is 9.34. The minimum atomic E-state index is -1.07. The number of amides is 1. The number of nitrogens with one attached hydrogen (secondary N) is 1. The molecule has 0 atom stereocenters. The lowest BCUT2D eigenvalue weighted by molar-refractivity contribution is -0.116. The third-order valence-corrected chi connectivity index (χ3v) is 3.13. The van der Waals surface area contributed by atoms with E-state index in [1.165, 1.54) is 4.68 Å². The van der Waals surface area contributed by atoms with Gasteiger partial charge in [0.05, 0.1) is 6.20 Å². The summed E-state index contributed by atoms with van der Waals surface area (Å²) < 4.78 is 2.34. The maximum atomic E-state index is 11.9. The molecule has 0 radical (unpaired) electrons. The van der Waals surface area contributed by atoms with Crippen molar-refractivity contribution in [3.05, 3.63) is 40.6 Å². The largest absolute Gasteiger partial charge is 0.384 e. The number of benzene rings is 1. The van der Waals surface area contributed by atoms with E-state index in [1.54, 1.807) is 32.2 Å². The molecule has 0 fully saturated rings. The number of nitrogens with zero attached hydrogens (tertiary/aromatic N) is 3. The van der Waals surface area contributed by atoms with Gasteiger partial charge in [0.2, 0.25) is 5.91 Å². The molecule has 6 nitrogen and oxygen atoms in total. The molecule has 0 aliphatic rings. The molecular formula is C13H15BrN4O2. The van der Waals surface area contributed by atoms with Crippen LogP contribution in [0.1, 0.15) is 19.5 Å². The van der Waals surface area contributed by atoms with Crippen LogP contribution in [-0.2, 0) is 16.9 Å². The minimum absolute atomic E-state index is 0.0408. The van der Waals surface area contributed by atoms with Crippen molar-refractivity contribution in [2.45, 2.75) is 26.0 Å². The zero-order valence-electron chi connectivity index (χ0n) is 11.2. The first-order valence-corrected chi connectivity index (χ1v) is 6.82. The van der Waals surface area contributed by atoms with Crippen LogP contribution in [0.15, 0.2) is 34.9 Å². The van der Waals surface area contributed by atoms with Gasteiger partial charge >= 0.3 is 0 Å². The summed E-state index contributed by atoms with van der Waals surface area (Å²) in [5.74, 6) is -0.209. The van der Waals surface area contributed by atoms with Gasteiger partial charge in [0, 0.05) is 10.2 Å². The van der Waals surface area contributed by atoms with Gasteiger partial charge in [0.1, 0.15) is 17.8 Å². The van der Waals surface area contributed by atoms with Crippen LogP contribution < -0.4 is 5.32 Å². The molecule has 20 heavy (non-hydrogen) atoms. The Balaban J connectivity index is 1.98. The summed E-state index contributed by atoms with van der Waals surface area (Å²) in [4.78, 5) is 11.9. The van der Waals surface area contributed by atoms with Gasteiger partial charge in [0.15, 0.2) is 0 Å². The molecule has 1 heterocycles.